The predicted molar refractivity (Wildman–Crippen MR) is 137 cm³/mol. The molecule has 0 unspecified atom stereocenters. The molecule has 0 saturated heterocycles. The number of azo groups is 1. The molecule has 1 amide bonds. The summed E-state index contributed by atoms with van der Waals surface area (Å²) in [7, 11) is -3.05. The summed E-state index contributed by atoms with van der Waals surface area (Å²) < 4.78 is 38.1. The van der Waals surface area contributed by atoms with Gasteiger partial charge in [-0.1, -0.05) is 41.9 Å². The van der Waals surface area contributed by atoms with Gasteiger partial charge >= 0.3 is 0 Å². The molecule has 0 aliphatic carbocycles. The van der Waals surface area contributed by atoms with Gasteiger partial charge in [-0.15, -0.1) is 5.11 Å². The van der Waals surface area contributed by atoms with Crippen LogP contribution in [0.4, 0.5) is 17.1 Å². The van der Waals surface area contributed by atoms with E-state index in [9.17, 15) is 22.9 Å². The Morgan fingerprint density at radius 3 is 2.50 bits per heavy atom. The highest BCUT2D eigenvalue weighted by molar-refractivity contribution is 7.85. The van der Waals surface area contributed by atoms with E-state index < -0.39 is 26.7 Å². The summed E-state index contributed by atoms with van der Waals surface area (Å²) in [6.07, 6.45) is 0. The number of halogens is 1. The molecule has 0 spiro atoms. The van der Waals surface area contributed by atoms with Crippen LogP contribution in [-0.4, -0.2) is 31.1 Å². The number of carbonyl (C=O) groups is 1. The van der Waals surface area contributed by atoms with Crippen LogP contribution in [0.25, 0.3) is 10.8 Å². The van der Waals surface area contributed by atoms with Crippen molar-refractivity contribution in [3.63, 3.8) is 0 Å². The minimum atomic E-state index is -4.55. The van der Waals surface area contributed by atoms with Crippen molar-refractivity contribution in [1.29, 1.82) is 0 Å². The number of anilines is 1. The van der Waals surface area contributed by atoms with Crippen molar-refractivity contribution in [2.75, 3.05) is 12.4 Å². The van der Waals surface area contributed by atoms with Gasteiger partial charge in [0.2, 0.25) is 0 Å². The Hall–Kier alpha value is -3.99. The molecule has 3 N–H and O–H groups in total. The number of fused-ring (bicyclic) bond motifs is 1. The number of nitrogens with one attached hydrogen (secondary N) is 1. The molecule has 0 radical (unpaired) electrons. The van der Waals surface area contributed by atoms with Crippen molar-refractivity contribution in [1.82, 2.24) is 0 Å². The molecule has 184 valence electrons. The summed E-state index contributed by atoms with van der Waals surface area (Å²) in [5, 5.41) is 23.1. The highest BCUT2D eigenvalue weighted by Gasteiger charge is 2.20. The number of carbonyl (C=O) groups excluding carboxylic acids is 1. The lowest BCUT2D eigenvalue weighted by Crippen LogP contribution is -2.12. The van der Waals surface area contributed by atoms with E-state index in [-0.39, 0.29) is 27.5 Å². The van der Waals surface area contributed by atoms with Gasteiger partial charge in [-0.25, -0.2) is 0 Å². The third kappa shape index (κ3) is 5.15. The zero-order valence-corrected chi connectivity index (χ0v) is 20.6. The molecule has 0 saturated carbocycles. The first kappa shape index (κ1) is 25.1. The number of methoxy groups -OCH3 is 1. The maximum atomic E-state index is 13.1. The molecule has 11 heteroatoms. The second kappa shape index (κ2) is 9.94. The van der Waals surface area contributed by atoms with E-state index in [1.54, 1.807) is 48.5 Å². The molecule has 0 atom stereocenters. The van der Waals surface area contributed by atoms with Crippen molar-refractivity contribution in [3.8, 4) is 11.5 Å². The van der Waals surface area contributed by atoms with Gasteiger partial charge < -0.3 is 15.2 Å². The van der Waals surface area contributed by atoms with Gasteiger partial charge in [0.05, 0.1) is 18.4 Å². The Balaban J connectivity index is 1.81. The molecule has 0 aliphatic heterocycles. The normalized spacial score (nSPS) is 11.7. The first-order valence-electron chi connectivity index (χ1n) is 10.5. The first-order chi connectivity index (χ1) is 17.1. The van der Waals surface area contributed by atoms with E-state index in [0.717, 1.165) is 6.07 Å². The summed E-state index contributed by atoms with van der Waals surface area (Å²) in [5.41, 5.74) is 0.581. The number of phenols is 1. The minimum absolute atomic E-state index is 0.00308. The van der Waals surface area contributed by atoms with Crippen LogP contribution in [0.1, 0.15) is 15.9 Å². The fourth-order valence-corrected chi connectivity index (χ4v) is 4.65. The van der Waals surface area contributed by atoms with E-state index in [1.807, 2.05) is 0 Å². The standard InChI is InChI=1S/C25H20ClN3O6S/c1-14-21(11-16(26)12-22(14)36(32,33)34)28-29-23-19-9-4-3-6-15(19)10-20(24(23)30)25(31)27-17-7-5-8-18(13-17)35-2/h3-13,30H,1-2H3,(H,27,31)(H,32,33,34). The summed E-state index contributed by atoms with van der Waals surface area (Å²) in [6.45, 7) is 1.43. The van der Waals surface area contributed by atoms with Crippen LogP contribution < -0.4 is 10.1 Å². The van der Waals surface area contributed by atoms with Crippen LogP contribution in [0.2, 0.25) is 5.02 Å². The van der Waals surface area contributed by atoms with Crippen LogP contribution in [-0.2, 0) is 10.1 Å². The fourth-order valence-electron chi connectivity index (χ4n) is 3.61. The molecule has 4 rings (SSSR count). The molecular formula is C25H20ClN3O6S. The number of aromatic hydroxyl groups is 1. The highest BCUT2D eigenvalue weighted by atomic mass is 35.5. The van der Waals surface area contributed by atoms with Gasteiger partial charge in [-0.05, 0) is 48.2 Å². The van der Waals surface area contributed by atoms with Crippen molar-refractivity contribution in [2.24, 2.45) is 10.2 Å². The molecule has 0 fully saturated rings. The second-order valence-corrected chi connectivity index (χ2v) is 9.58. The number of amides is 1. The third-order valence-electron chi connectivity index (χ3n) is 5.40. The Kier molecular flexibility index (Phi) is 6.93. The van der Waals surface area contributed by atoms with Gasteiger partial charge in [0, 0.05) is 22.2 Å². The summed E-state index contributed by atoms with van der Waals surface area (Å²) in [6, 6.07) is 17.7. The zero-order chi connectivity index (χ0) is 26.0. The van der Waals surface area contributed by atoms with Gasteiger partial charge in [-0.2, -0.15) is 13.5 Å². The summed E-state index contributed by atoms with van der Waals surface area (Å²) in [5.74, 6) is -0.464. The van der Waals surface area contributed by atoms with Crippen molar-refractivity contribution < 1.29 is 27.6 Å². The number of hydrogen-bond donors (Lipinski definition) is 3. The quantitative estimate of drug-likeness (QED) is 0.196. The fraction of sp³-hybridized carbons (Fsp3) is 0.0800. The van der Waals surface area contributed by atoms with Crippen LogP contribution in [0, 0.1) is 6.92 Å². The smallest absolute Gasteiger partial charge is 0.294 e. The molecule has 0 heterocycles. The van der Waals surface area contributed by atoms with Crippen LogP contribution >= 0.6 is 11.6 Å². The maximum Gasteiger partial charge on any atom is 0.294 e. The number of hydrogen-bond acceptors (Lipinski definition) is 7. The predicted octanol–water partition coefficient (Wildman–Crippen LogP) is 6.43. The first-order valence-corrected chi connectivity index (χ1v) is 12.3. The van der Waals surface area contributed by atoms with Crippen molar-refractivity contribution in [3.05, 3.63) is 82.9 Å². The van der Waals surface area contributed by atoms with Gasteiger partial charge in [0.15, 0.2) is 5.75 Å². The lowest BCUT2D eigenvalue weighted by molar-refractivity contribution is 0.102. The van der Waals surface area contributed by atoms with E-state index >= 15 is 0 Å². The minimum Gasteiger partial charge on any atom is -0.505 e. The topological polar surface area (TPSA) is 138 Å². The molecule has 4 aromatic carbocycles. The number of nitrogens with zero attached hydrogens (tertiary/aromatic N) is 2. The summed E-state index contributed by atoms with van der Waals surface area (Å²) in [4.78, 5) is 12.6. The van der Waals surface area contributed by atoms with E-state index in [0.29, 0.717) is 22.2 Å². The number of rotatable bonds is 6. The van der Waals surface area contributed by atoms with Crippen molar-refractivity contribution >= 4 is 55.5 Å². The molecule has 36 heavy (non-hydrogen) atoms. The Morgan fingerprint density at radius 2 is 1.78 bits per heavy atom. The van der Waals surface area contributed by atoms with Crippen LogP contribution in [0.5, 0.6) is 11.5 Å². The monoisotopic (exact) mass is 525 g/mol. The Labute approximate surface area is 211 Å². The Bertz CT molecular complexity index is 1640. The molecular weight excluding hydrogens is 506 g/mol. The van der Waals surface area contributed by atoms with Gasteiger partial charge in [0.1, 0.15) is 16.3 Å². The largest absolute Gasteiger partial charge is 0.505 e. The zero-order valence-electron chi connectivity index (χ0n) is 19.1. The molecule has 0 aliphatic rings. The molecule has 9 nitrogen and oxygen atoms in total. The number of ether oxygens (including phenoxy) is 1. The number of phenolic OH excluding ortho intramolecular Hbond substituents is 1. The summed E-state index contributed by atoms with van der Waals surface area (Å²) >= 11 is 6.01. The number of benzene rings is 4. The van der Waals surface area contributed by atoms with E-state index in [2.05, 4.69) is 15.5 Å². The third-order valence-corrected chi connectivity index (χ3v) is 6.60. The second-order valence-electron chi connectivity index (χ2n) is 7.75. The van der Waals surface area contributed by atoms with Gasteiger partial charge in [0.25, 0.3) is 16.0 Å². The SMILES string of the molecule is COc1cccc(NC(=O)c2cc3ccccc3c(N=Nc3cc(Cl)cc(S(=O)(=O)O)c3C)c2O)c1. The van der Waals surface area contributed by atoms with Crippen molar-refractivity contribution in [2.45, 2.75) is 11.8 Å². The highest BCUT2D eigenvalue weighted by Crippen LogP contribution is 2.40. The maximum absolute atomic E-state index is 13.1. The average molecular weight is 526 g/mol. The Morgan fingerprint density at radius 1 is 1.03 bits per heavy atom. The lowest BCUT2D eigenvalue weighted by Gasteiger charge is -2.12. The molecule has 4 aromatic rings. The van der Waals surface area contributed by atoms with Crippen LogP contribution in [0.15, 0.2) is 81.9 Å². The van der Waals surface area contributed by atoms with Crippen LogP contribution in [0.3, 0.4) is 0 Å². The van der Waals surface area contributed by atoms with Gasteiger partial charge in [-0.3, -0.25) is 9.35 Å². The van der Waals surface area contributed by atoms with E-state index in [1.165, 1.54) is 26.2 Å². The molecule has 0 bridgehead atoms. The van der Waals surface area contributed by atoms with E-state index in [4.69, 9.17) is 16.3 Å². The molecule has 0 aromatic heterocycles. The lowest BCUT2D eigenvalue weighted by atomic mass is 10.0. The average Bonchev–Trinajstić information content (AvgIpc) is 2.84.